The van der Waals surface area contributed by atoms with Crippen molar-refractivity contribution in [3.8, 4) is 0 Å². The number of aryl methyl sites for hydroxylation is 1. The van der Waals surface area contributed by atoms with Crippen LogP contribution in [0.5, 0.6) is 0 Å². The van der Waals surface area contributed by atoms with Crippen LogP contribution in [0.3, 0.4) is 0 Å². The Morgan fingerprint density at radius 3 is 2.50 bits per heavy atom. The third-order valence-electron chi connectivity index (χ3n) is 3.83. The fraction of sp³-hybridized carbons (Fsp3) is 0.200. The van der Waals surface area contributed by atoms with Crippen LogP contribution in [0, 0.1) is 0 Å². The Kier molecular flexibility index (Phi) is 5.40. The van der Waals surface area contributed by atoms with Crippen molar-refractivity contribution in [1.82, 2.24) is 9.88 Å². The van der Waals surface area contributed by atoms with Gasteiger partial charge in [-0.2, -0.15) is 0 Å². The highest BCUT2D eigenvalue weighted by molar-refractivity contribution is 5.76. The van der Waals surface area contributed by atoms with Crippen LogP contribution in [-0.2, 0) is 24.3 Å². The Hall–Kier alpha value is -2.88. The van der Waals surface area contributed by atoms with E-state index in [0.29, 0.717) is 19.5 Å². The second-order valence-corrected chi connectivity index (χ2v) is 5.64. The van der Waals surface area contributed by atoms with E-state index < -0.39 is 0 Å². The first kappa shape index (κ1) is 16.0. The lowest BCUT2D eigenvalue weighted by molar-refractivity contribution is -0.132. The smallest absolute Gasteiger partial charge is 0.223 e. The first-order chi connectivity index (χ1) is 11.8. The number of aromatic nitrogens is 1. The van der Waals surface area contributed by atoms with Gasteiger partial charge in [0.25, 0.3) is 0 Å². The van der Waals surface area contributed by atoms with Gasteiger partial charge in [0.2, 0.25) is 5.91 Å². The molecule has 2 heterocycles. The molecule has 122 valence electrons. The van der Waals surface area contributed by atoms with E-state index in [4.69, 9.17) is 4.42 Å². The molecule has 1 aromatic carbocycles. The number of pyridine rings is 1. The molecule has 0 atom stereocenters. The van der Waals surface area contributed by atoms with E-state index in [1.807, 2.05) is 60.7 Å². The molecule has 0 aliphatic carbocycles. The summed E-state index contributed by atoms with van der Waals surface area (Å²) in [6.45, 7) is 0.937. The summed E-state index contributed by atoms with van der Waals surface area (Å²) in [5, 5.41) is 0. The van der Waals surface area contributed by atoms with Crippen molar-refractivity contribution in [2.24, 2.45) is 0 Å². The first-order valence-electron chi connectivity index (χ1n) is 8.05. The number of furan rings is 1. The summed E-state index contributed by atoms with van der Waals surface area (Å²) >= 11 is 0. The van der Waals surface area contributed by atoms with Crippen molar-refractivity contribution in [1.29, 1.82) is 0 Å². The van der Waals surface area contributed by atoms with Crippen molar-refractivity contribution in [3.63, 3.8) is 0 Å². The van der Waals surface area contributed by atoms with E-state index in [0.717, 1.165) is 17.9 Å². The van der Waals surface area contributed by atoms with Gasteiger partial charge in [0.15, 0.2) is 0 Å². The van der Waals surface area contributed by atoms with Gasteiger partial charge in [0.05, 0.1) is 25.0 Å². The van der Waals surface area contributed by atoms with Crippen molar-refractivity contribution in [2.45, 2.75) is 25.9 Å². The summed E-state index contributed by atoms with van der Waals surface area (Å²) in [5.74, 6) is 0.875. The van der Waals surface area contributed by atoms with Gasteiger partial charge in [-0.3, -0.25) is 9.78 Å². The molecule has 0 fully saturated rings. The van der Waals surface area contributed by atoms with Crippen LogP contribution in [0.4, 0.5) is 0 Å². The van der Waals surface area contributed by atoms with Crippen LogP contribution >= 0.6 is 0 Å². The number of benzene rings is 1. The minimum atomic E-state index is 0.0981. The predicted octanol–water partition coefficient (Wildman–Crippen LogP) is 3.84. The van der Waals surface area contributed by atoms with E-state index in [9.17, 15) is 4.79 Å². The number of nitrogens with zero attached hydrogens (tertiary/aromatic N) is 2. The van der Waals surface area contributed by atoms with E-state index >= 15 is 0 Å². The second kappa shape index (κ2) is 8.11. The van der Waals surface area contributed by atoms with Gasteiger partial charge in [-0.15, -0.1) is 0 Å². The summed E-state index contributed by atoms with van der Waals surface area (Å²) in [6.07, 6.45) is 4.58. The SMILES string of the molecule is O=C(CCc1ccccc1)N(Cc1ccccn1)Cc1ccco1. The summed E-state index contributed by atoms with van der Waals surface area (Å²) in [4.78, 5) is 18.8. The number of hydrogen-bond donors (Lipinski definition) is 0. The van der Waals surface area contributed by atoms with Gasteiger partial charge < -0.3 is 9.32 Å². The number of carbonyl (C=O) groups is 1. The Morgan fingerprint density at radius 2 is 1.79 bits per heavy atom. The second-order valence-electron chi connectivity index (χ2n) is 5.64. The van der Waals surface area contributed by atoms with Gasteiger partial charge in [-0.05, 0) is 36.2 Å². The molecule has 24 heavy (non-hydrogen) atoms. The maximum Gasteiger partial charge on any atom is 0.223 e. The Bertz CT molecular complexity index is 740. The molecule has 0 saturated carbocycles. The third-order valence-corrected chi connectivity index (χ3v) is 3.83. The Labute approximate surface area is 141 Å². The standard InChI is InChI=1S/C20H20N2O2/c23-20(12-11-17-7-2-1-3-8-17)22(16-19-10-6-14-24-19)15-18-9-4-5-13-21-18/h1-10,13-14H,11-12,15-16H2. The highest BCUT2D eigenvalue weighted by Crippen LogP contribution is 2.12. The average Bonchev–Trinajstić information content (AvgIpc) is 3.14. The molecule has 3 rings (SSSR count). The quantitative estimate of drug-likeness (QED) is 0.664. The first-order valence-corrected chi connectivity index (χ1v) is 8.05. The van der Waals surface area contributed by atoms with Crippen molar-refractivity contribution in [2.75, 3.05) is 0 Å². The molecule has 4 heteroatoms. The summed E-state index contributed by atoms with van der Waals surface area (Å²) in [6, 6.07) is 19.5. The number of carbonyl (C=O) groups excluding carboxylic acids is 1. The average molecular weight is 320 g/mol. The molecular formula is C20H20N2O2. The number of hydrogen-bond acceptors (Lipinski definition) is 3. The lowest BCUT2D eigenvalue weighted by Crippen LogP contribution is -2.30. The van der Waals surface area contributed by atoms with Crippen molar-refractivity contribution >= 4 is 5.91 Å². The fourth-order valence-corrected chi connectivity index (χ4v) is 2.56. The molecule has 0 aliphatic heterocycles. The highest BCUT2D eigenvalue weighted by Gasteiger charge is 2.16. The third kappa shape index (κ3) is 4.56. The van der Waals surface area contributed by atoms with Crippen LogP contribution < -0.4 is 0 Å². The molecule has 4 nitrogen and oxygen atoms in total. The van der Waals surface area contributed by atoms with Crippen LogP contribution in [0.15, 0.2) is 77.5 Å². The van der Waals surface area contributed by atoms with Gasteiger partial charge in [-0.25, -0.2) is 0 Å². The van der Waals surface area contributed by atoms with Gasteiger partial charge in [-0.1, -0.05) is 36.4 Å². The van der Waals surface area contributed by atoms with E-state index in [2.05, 4.69) is 4.98 Å². The molecule has 0 saturated heterocycles. The molecule has 0 spiro atoms. The van der Waals surface area contributed by atoms with E-state index in [1.54, 1.807) is 17.4 Å². The number of rotatable bonds is 7. The Balaban J connectivity index is 1.67. The van der Waals surface area contributed by atoms with Crippen LogP contribution in [0.2, 0.25) is 0 Å². The molecule has 2 aromatic heterocycles. The molecule has 3 aromatic rings. The van der Waals surface area contributed by atoms with E-state index in [-0.39, 0.29) is 5.91 Å². The van der Waals surface area contributed by atoms with Crippen LogP contribution in [0.1, 0.15) is 23.4 Å². The van der Waals surface area contributed by atoms with Gasteiger partial charge >= 0.3 is 0 Å². The van der Waals surface area contributed by atoms with Crippen LogP contribution in [-0.4, -0.2) is 15.8 Å². The molecule has 0 unspecified atom stereocenters. The minimum Gasteiger partial charge on any atom is -0.467 e. The fourth-order valence-electron chi connectivity index (χ4n) is 2.56. The van der Waals surface area contributed by atoms with E-state index in [1.165, 1.54) is 5.56 Å². The lowest BCUT2D eigenvalue weighted by Gasteiger charge is -2.21. The highest BCUT2D eigenvalue weighted by atomic mass is 16.3. The van der Waals surface area contributed by atoms with Crippen LogP contribution in [0.25, 0.3) is 0 Å². The maximum atomic E-state index is 12.7. The summed E-state index contributed by atoms with van der Waals surface area (Å²) in [5.41, 5.74) is 2.04. The molecule has 0 aliphatic rings. The minimum absolute atomic E-state index is 0.0981. The predicted molar refractivity (Wildman–Crippen MR) is 92.0 cm³/mol. The molecule has 0 bridgehead atoms. The normalized spacial score (nSPS) is 10.5. The number of amides is 1. The summed E-state index contributed by atoms with van der Waals surface area (Å²) in [7, 11) is 0. The largest absolute Gasteiger partial charge is 0.467 e. The zero-order valence-corrected chi connectivity index (χ0v) is 13.5. The Morgan fingerprint density at radius 1 is 0.958 bits per heavy atom. The molecular weight excluding hydrogens is 300 g/mol. The topological polar surface area (TPSA) is 46.3 Å². The maximum absolute atomic E-state index is 12.7. The monoisotopic (exact) mass is 320 g/mol. The van der Waals surface area contributed by atoms with Crippen molar-refractivity contribution < 1.29 is 9.21 Å². The summed E-state index contributed by atoms with van der Waals surface area (Å²) < 4.78 is 5.40. The molecule has 0 radical (unpaired) electrons. The zero-order chi connectivity index (χ0) is 16.6. The van der Waals surface area contributed by atoms with Gasteiger partial charge in [0.1, 0.15) is 5.76 Å². The molecule has 0 N–H and O–H groups in total. The van der Waals surface area contributed by atoms with Gasteiger partial charge in [0, 0.05) is 12.6 Å². The zero-order valence-electron chi connectivity index (χ0n) is 13.5. The lowest BCUT2D eigenvalue weighted by atomic mass is 10.1. The molecule has 1 amide bonds. The van der Waals surface area contributed by atoms with Crippen molar-refractivity contribution in [3.05, 3.63) is 90.1 Å².